The van der Waals surface area contributed by atoms with Crippen LogP contribution in [0, 0.1) is 0 Å². The molecule has 160 valence electrons. The number of piperidine rings is 1. The molecule has 2 unspecified atom stereocenters. The Balaban J connectivity index is 1.35. The lowest BCUT2D eigenvalue weighted by atomic mass is 10.0. The first-order valence-electron chi connectivity index (χ1n) is 11.3. The third kappa shape index (κ3) is 4.39. The summed E-state index contributed by atoms with van der Waals surface area (Å²) in [5, 5.41) is 11.3. The highest BCUT2D eigenvalue weighted by Crippen LogP contribution is 2.31. The number of para-hydroxylation sites is 1. The minimum Gasteiger partial charge on any atom is -0.297 e. The van der Waals surface area contributed by atoms with Gasteiger partial charge in [0, 0.05) is 38.0 Å². The van der Waals surface area contributed by atoms with E-state index in [-0.39, 0.29) is 11.5 Å². The second kappa shape index (κ2) is 9.02. The van der Waals surface area contributed by atoms with Crippen LogP contribution in [0.3, 0.4) is 0 Å². The zero-order valence-electron chi connectivity index (χ0n) is 17.8. The van der Waals surface area contributed by atoms with Gasteiger partial charge in [-0.15, -0.1) is 0 Å². The van der Waals surface area contributed by atoms with E-state index in [0.717, 1.165) is 51.0 Å². The highest BCUT2D eigenvalue weighted by Gasteiger charge is 2.29. The summed E-state index contributed by atoms with van der Waals surface area (Å²) in [6, 6.07) is 11.8. The number of anilines is 1. The summed E-state index contributed by atoms with van der Waals surface area (Å²) in [4.78, 5) is 15.3. The molecule has 0 saturated carbocycles. The van der Waals surface area contributed by atoms with Crippen LogP contribution in [0.2, 0.25) is 0 Å². The summed E-state index contributed by atoms with van der Waals surface area (Å²) in [5.74, 6) is 0. The third-order valence-electron chi connectivity index (χ3n) is 6.40. The number of likely N-dealkylation sites (tertiary alicyclic amines) is 1. The van der Waals surface area contributed by atoms with E-state index >= 15 is 0 Å². The first kappa shape index (κ1) is 19.9. The maximum Gasteiger partial charge on any atom is 0.205 e. The lowest BCUT2D eigenvalue weighted by Crippen LogP contribution is -2.39. The Morgan fingerprint density at radius 3 is 2.87 bits per heavy atom. The molecule has 2 aromatic rings. The second-order valence-corrected chi connectivity index (χ2v) is 8.60. The number of nitrogens with zero attached hydrogens (tertiary/aromatic N) is 5. The number of hydrazone groups is 1. The van der Waals surface area contributed by atoms with Crippen LogP contribution in [-0.2, 0) is 0 Å². The van der Waals surface area contributed by atoms with Crippen LogP contribution in [0.4, 0.5) is 5.69 Å². The summed E-state index contributed by atoms with van der Waals surface area (Å²) < 4.78 is 2.03. The molecule has 1 aromatic carbocycles. The van der Waals surface area contributed by atoms with Gasteiger partial charge in [0.15, 0.2) is 0 Å². The van der Waals surface area contributed by atoms with Crippen molar-refractivity contribution in [3.63, 3.8) is 0 Å². The van der Waals surface area contributed by atoms with Gasteiger partial charge in [-0.1, -0.05) is 42.0 Å². The van der Waals surface area contributed by atoms with Crippen molar-refractivity contribution in [1.82, 2.24) is 14.7 Å². The number of allylic oxidation sites excluding steroid dienone is 3. The smallest absolute Gasteiger partial charge is 0.205 e. The lowest BCUT2D eigenvalue weighted by Gasteiger charge is -2.34. The topological polar surface area (TPSA) is 53.7 Å². The van der Waals surface area contributed by atoms with Crippen LogP contribution >= 0.6 is 0 Å². The predicted octanol–water partition coefficient (Wildman–Crippen LogP) is 4.09. The Kier molecular flexibility index (Phi) is 5.80. The van der Waals surface area contributed by atoms with E-state index in [4.69, 9.17) is 5.10 Å². The average Bonchev–Trinajstić information content (AvgIpc) is 3.31. The average molecular weight is 416 g/mol. The molecule has 6 nitrogen and oxygen atoms in total. The van der Waals surface area contributed by atoms with Gasteiger partial charge in [0.05, 0.1) is 11.7 Å². The number of rotatable bonds is 5. The molecule has 0 spiro atoms. The molecule has 0 N–H and O–H groups in total. The Labute approximate surface area is 183 Å². The molecule has 3 aliphatic rings. The monoisotopic (exact) mass is 415 g/mol. The SMILES string of the molecule is O=c1ccn(C2CCCN(CC3=CC=CCC3)C2)nc1C1CC=NN1c1ccccc1. The summed E-state index contributed by atoms with van der Waals surface area (Å²) in [6.07, 6.45) is 15.7. The molecular formula is C25H29N5O. The van der Waals surface area contributed by atoms with E-state index in [9.17, 15) is 4.79 Å². The predicted molar refractivity (Wildman–Crippen MR) is 124 cm³/mol. The van der Waals surface area contributed by atoms with Gasteiger partial charge in [-0.25, -0.2) is 0 Å². The molecule has 31 heavy (non-hydrogen) atoms. The number of benzene rings is 1. The third-order valence-corrected chi connectivity index (χ3v) is 6.40. The molecule has 0 bridgehead atoms. The molecule has 1 saturated heterocycles. The largest absolute Gasteiger partial charge is 0.297 e. The summed E-state index contributed by atoms with van der Waals surface area (Å²) in [5.41, 5.74) is 3.07. The highest BCUT2D eigenvalue weighted by molar-refractivity contribution is 5.67. The highest BCUT2D eigenvalue weighted by atomic mass is 16.1. The van der Waals surface area contributed by atoms with Crippen molar-refractivity contribution in [3.8, 4) is 0 Å². The zero-order valence-corrected chi connectivity index (χ0v) is 17.8. The molecule has 5 rings (SSSR count). The van der Waals surface area contributed by atoms with Gasteiger partial charge in [0.25, 0.3) is 0 Å². The van der Waals surface area contributed by atoms with Crippen LogP contribution in [0.25, 0.3) is 0 Å². The van der Waals surface area contributed by atoms with Gasteiger partial charge < -0.3 is 0 Å². The van der Waals surface area contributed by atoms with Crippen molar-refractivity contribution < 1.29 is 0 Å². The van der Waals surface area contributed by atoms with Crippen LogP contribution in [-0.4, -0.2) is 40.5 Å². The Bertz CT molecular complexity index is 1060. The van der Waals surface area contributed by atoms with Gasteiger partial charge in [-0.3, -0.25) is 19.4 Å². The number of aromatic nitrogens is 2. The standard InChI is InChI=1S/C25H29N5O/c31-24-14-17-29(22-12-7-16-28(19-22)18-20-8-3-1-4-9-20)27-25(24)23-13-15-26-30(23)21-10-5-2-6-11-21/h1-3,5-6,8,10-11,14-15,17,22-23H,4,7,9,12-13,16,18-19H2. The van der Waals surface area contributed by atoms with Crippen LogP contribution in [0.1, 0.15) is 49.9 Å². The molecule has 1 aliphatic carbocycles. The fourth-order valence-corrected chi connectivity index (χ4v) is 4.80. The second-order valence-electron chi connectivity index (χ2n) is 8.60. The molecule has 3 heterocycles. The van der Waals surface area contributed by atoms with Gasteiger partial charge in [-0.05, 0) is 44.4 Å². The van der Waals surface area contributed by atoms with Crippen molar-refractivity contribution in [2.75, 3.05) is 24.6 Å². The molecule has 0 amide bonds. The van der Waals surface area contributed by atoms with Gasteiger partial charge in [-0.2, -0.15) is 10.2 Å². The van der Waals surface area contributed by atoms with Crippen molar-refractivity contribution >= 4 is 11.9 Å². The van der Waals surface area contributed by atoms with Crippen LogP contribution in [0.15, 0.2) is 76.3 Å². The van der Waals surface area contributed by atoms with Crippen LogP contribution in [0.5, 0.6) is 0 Å². The maximum absolute atomic E-state index is 12.8. The van der Waals surface area contributed by atoms with E-state index < -0.39 is 0 Å². The van der Waals surface area contributed by atoms with E-state index in [2.05, 4.69) is 28.2 Å². The fraction of sp³-hybridized carbons (Fsp3) is 0.400. The normalized spacial score (nSPS) is 23.9. The summed E-state index contributed by atoms with van der Waals surface area (Å²) >= 11 is 0. The molecule has 1 fully saturated rings. The van der Waals surface area contributed by atoms with Gasteiger partial charge in [0.2, 0.25) is 5.43 Å². The Morgan fingerprint density at radius 2 is 2.03 bits per heavy atom. The van der Waals surface area contributed by atoms with E-state index in [1.807, 2.05) is 52.4 Å². The minimum atomic E-state index is -0.152. The van der Waals surface area contributed by atoms with E-state index in [1.165, 1.54) is 5.57 Å². The van der Waals surface area contributed by atoms with Gasteiger partial charge in [0.1, 0.15) is 11.7 Å². The quantitative estimate of drug-likeness (QED) is 0.738. The zero-order chi connectivity index (χ0) is 21.0. The maximum atomic E-state index is 12.8. The summed E-state index contributed by atoms with van der Waals surface area (Å²) in [6.45, 7) is 3.13. The first-order valence-corrected chi connectivity index (χ1v) is 11.3. The minimum absolute atomic E-state index is 0.0144. The molecule has 6 heteroatoms. The molecule has 0 radical (unpaired) electrons. The Morgan fingerprint density at radius 1 is 1.13 bits per heavy atom. The lowest BCUT2D eigenvalue weighted by molar-refractivity contribution is 0.178. The van der Waals surface area contributed by atoms with Gasteiger partial charge >= 0.3 is 0 Å². The van der Waals surface area contributed by atoms with Crippen molar-refractivity contribution in [2.45, 2.75) is 44.2 Å². The fourth-order valence-electron chi connectivity index (χ4n) is 4.80. The first-order chi connectivity index (χ1) is 15.3. The molecule has 2 aliphatic heterocycles. The van der Waals surface area contributed by atoms with E-state index in [0.29, 0.717) is 18.2 Å². The van der Waals surface area contributed by atoms with Crippen LogP contribution < -0.4 is 10.4 Å². The van der Waals surface area contributed by atoms with E-state index in [1.54, 1.807) is 6.07 Å². The molecular weight excluding hydrogens is 386 g/mol. The number of hydrogen-bond donors (Lipinski definition) is 0. The number of hydrogen-bond acceptors (Lipinski definition) is 5. The summed E-state index contributed by atoms with van der Waals surface area (Å²) in [7, 11) is 0. The molecule has 1 aromatic heterocycles. The molecule has 2 atom stereocenters. The Hall–Kier alpha value is -2.99. The van der Waals surface area contributed by atoms with Crippen molar-refractivity contribution in [2.24, 2.45) is 5.10 Å². The van der Waals surface area contributed by atoms with Crippen molar-refractivity contribution in [1.29, 1.82) is 0 Å². The van der Waals surface area contributed by atoms with Crippen molar-refractivity contribution in [3.05, 3.63) is 82.3 Å².